The summed E-state index contributed by atoms with van der Waals surface area (Å²) in [5.74, 6) is -2.33. The summed E-state index contributed by atoms with van der Waals surface area (Å²) in [6.45, 7) is 1.84. The molecule has 0 saturated carbocycles. The predicted molar refractivity (Wildman–Crippen MR) is 93.3 cm³/mol. The first-order valence-electron chi connectivity index (χ1n) is 8.38. The van der Waals surface area contributed by atoms with Crippen molar-refractivity contribution >= 4 is 5.57 Å². The molecule has 0 heterocycles. The summed E-state index contributed by atoms with van der Waals surface area (Å²) in [5, 5.41) is 9.39. The first-order chi connectivity index (χ1) is 12.4. The molecule has 0 fully saturated rings. The van der Waals surface area contributed by atoms with E-state index in [1.807, 2.05) is 6.92 Å². The highest BCUT2D eigenvalue weighted by atomic mass is 19.2. The lowest BCUT2D eigenvalue weighted by molar-refractivity contribution is 0.135. The molecule has 26 heavy (non-hydrogen) atoms. The van der Waals surface area contributed by atoms with Gasteiger partial charge in [0, 0.05) is 11.1 Å². The number of halogens is 4. The maximum absolute atomic E-state index is 15.9. The van der Waals surface area contributed by atoms with E-state index in [0.717, 1.165) is 6.08 Å². The Bertz CT molecular complexity index is 870. The average molecular weight is 362 g/mol. The third-order valence-corrected chi connectivity index (χ3v) is 4.57. The first-order valence-corrected chi connectivity index (χ1v) is 8.38. The number of hydrogen-bond acceptors (Lipinski definition) is 1. The Morgan fingerprint density at radius 2 is 1.73 bits per heavy atom. The van der Waals surface area contributed by atoms with Crippen molar-refractivity contribution in [1.82, 2.24) is 0 Å². The van der Waals surface area contributed by atoms with Crippen LogP contribution in [0.5, 0.6) is 5.75 Å². The molecule has 0 radical (unpaired) electrons. The zero-order valence-electron chi connectivity index (χ0n) is 14.1. The molecule has 1 N–H and O–H groups in total. The van der Waals surface area contributed by atoms with E-state index in [-0.39, 0.29) is 28.0 Å². The molecule has 2 unspecified atom stereocenters. The zero-order valence-corrected chi connectivity index (χ0v) is 14.1. The molecular formula is C21H18F4O. The minimum absolute atomic E-state index is 0.0872. The number of phenolic OH excluding ortho intramolecular Hbond substituents is 1. The van der Waals surface area contributed by atoms with Crippen LogP contribution in [0.4, 0.5) is 17.6 Å². The van der Waals surface area contributed by atoms with Crippen LogP contribution in [0, 0.1) is 11.6 Å². The summed E-state index contributed by atoms with van der Waals surface area (Å²) >= 11 is 0. The highest BCUT2D eigenvalue weighted by Crippen LogP contribution is 2.47. The number of rotatable bonds is 4. The molecule has 2 atom stereocenters. The number of allylic oxidation sites excluding steroid dienone is 4. The normalized spacial score (nSPS) is 22.3. The molecule has 3 rings (SSSR count). The summed E-state index contributed by atoms with van der Waals surface area (Å²) in [5.41, 5.74) is -3.19. The monoisotopic (exact) mass is 362 g/mol. The van der Waals surface area contributed by atoms with Gasteiger partial charge in [0.15, 0.2) is 23.5 Å². The summed E-state index contributed by atoms with van der Waals surface area (Å²) in [6, 6.07) is 7.60. The van der Waals surface area contributed by atoms with Crippen molar-refractivity contribution < 1.29 is 22.7 Å². The van der Waals surface area contributed by atoms with Crippen LogP contribution in [-0.2, 0) is 12.1 Å². The van der Waals surface area contributed by atoms with E-state index in [9.17, 15) is 18.3 Å². The molecule has 0 bridgehead atoms. The van der Waals surface area contributed by atoms with Gasteiger partial charge in [-0.05, 0) is 35.8 Å². The Hall–Kier alpha value is -2.56. The summed E-state index contributed by atoms with van der Waals surface area (Å²) in [7, 11) is 0. The second kappa shape index (κ2) is 6.98. The topological polar surface area (TPSA) is 20.2 Å². The Kier molecular flexibility index (Phi) is 4.90. The van der Waals surface area contributed by atoms with Gasteiger partial charge in [-0.15, -0.1) is 0 Å². The Labute approximate surface area is 149 Å². The van der Waals surface area contributed by atoms with Crippen molar-refractivity contribution in [2.24, 2.45) is 0 Å². The van der Waals surface area contributed by atoms with Gasteiger partial charge in [-0.1, -0.05) is 49.8 Å². The van der Waals surface area contributed by atoms with Crippen LogP contribution < -0.4 is 0 Å². The molecule has 1 aliphatic rings. The molecule has 5 heteroatoms. The molecule has 0 amide bonds. The third-order valence-electron chi connectivity index (χ3n) is 4.57. The lowest BCUT2D eigenvalue weighted by atomic mass is 9.77. The molecule has 0 aliphatic heterocycles. The van der Waals surface area contributed by atoms with Gasteiger partial charge in [0.05, 0.1) is 0 Å². The highest BCUT2D eigenvalue weighted by molar-refractivity contribution is 5.78. The second-order valence-electron chi connectivity index (χ2n) is 6.28. The number of phenols is 1. The number of aromatic hydroxyl groups is 1. The second-order valence-corrected chi connectivity index (χ2v) is 6.28. The number of benzene rings is 2. The van der Waals surface area contributed by atoms with E-state index < -0.39 is 23.5 Å². The fourth-order valence-electron chi connectivity index (χ4n) is 3.22. The zero-order chi connectivity index (χ0) is 18.9. The Morgan fingerprint density at radius 1 is 1.04 bits per heavy atom. The predicted octanol–water partition coefficient (Wildman–Crippen LogP) is 5.78. The van der Waals surface area contributed by atoms with E-state index >= 15 is 4.39 Å². The fourth-order valence-corrected chi connectivity index (χ4v) is 3.22. The maximum atomic E-state index is 15.9. The molecule has 2 aromatic rings. The number of alkyl halides is 2. The number of hydrogen-bond donors (Lipinski definition) is 1. The smallest absolute Gasteiger partial charge is 0.196 e. The average Bonchev–Trinajstić information content (AvgIpc) is 2.63. The summed E-state index contributed by atoms with van der Waals surface area (Å²) < 4.78 is 59.5. The van der Waals surface area contributed by atoms with E-state index in [1.165, 1.54) is 48.6 Å². The van der Waals surface area contributed by atoms with Crippen LogP contribution in [0.25, 0.3) is 5.57 Å². The minimum atomic E-state index is -2.69. The van der Waals surface area contributed by atoms with Gasteiger partial charge in [0.2, 0.25) is 0 Å². The van der Waals surface area contributed by atoms with Gasteiger partial charge in [0.1, 0.15) is 5.75 Å². The van der Waals surface area contributed by atoms with E-state index in [1.54, 1.807) is 0 Å². The number of aryl methyl sites for hydroxylation is 1. The van der Waals surface area contributed by atoms with Gasteiger partial charge >= 0.3 is 0 Å². The standard InChI is InChI=1S/C21H18F4O/c1-2-4-13-7-12-16(20(24)19(13)23)17-5-3-6-18(22)21(17,25)14-8-10-15(26)11-9-14/h3,5-12,18,26H,2,4H2,1H3. The van der Waals surface area contributed by atoms with E-state index in [4.69, 9.17) is 0 Å². The molecule has 1 aliphatic carbocycles. The van der Waals surface area contributed by atoms with Crippen molar-refractivity contribution in [2.45, 2.75) is 31.6 Å². The van der Waals surface area contributed by atoms with Crippen LogP contribution in [0.2, 0.25) is 0 Å². The minimum Gasteiger partial charge on any atom is -0.508 e. The van der Waals surface area contributed by atoms with Crippen molar-refractivity contribution in [3.05, 3.63) is 83.0 Å². The molecule has 0 saturated heterocycles. The van der Waals surface area contributed by atoms with Crippen LogP contribution in [0.3, 0.4) is 0 Å². The maximum Gasteiger partial charge on any atom is 0.196 e. The fraction of sp³-hybridized carbons (Fsp3) is 0.238. The van der Waals surface area contributed by atoms with Gasteiger partial charge in [-0.2, -0.15) is 0 Å². The Morgan fingerprint density at radius 3 is 2.38 bits per heavy atom. The summed E-state index contributed by atoms with van der Waals surface area (Å²) in [6.07, 6.45) is 2.47. The summed E-state index contributed by atoms with van der Waals surface area (Å²) in [4.78, 5) is 0. The largest absolute Gasteiger partial charge is 0.508 e. The quantitative estimate of drug-likeness (QED) is 0.684. The molecular weight excluding hydrogens is 344 g/mol. The molecule has 1 nitrogen and oxygen atoms in total. The third kappa shape index (κ3) is 2.91. The van der Waals surface area contributed by atoms with Crippen LogP contribution in [0.15, 0.2) is 54.6 Å². The van der Waals surface area contributed by atoms with Crippen molar-refractivity contribution in [3.8, 4) is 5.75 Å². The SMILES string of the molecule is CCCc1ccc(C2=CC=CC(F)C2(F)c2ccc(O)cc2)c(F)c1F. The van der Waals surface area contributed by atoms with Crippen molar-refractivity contribution in [3.63, 3.8) is 0 Å². The van der Waals surface area contributed by atoms with Gasteiger partial charge < -0.3 is 5.11 Å². The van der Waals surface area contributed by atoms with E-state index in [2.05, 4.69) is 0 Å². The lowest BCUT2D eigenvalue weighted by Crippen LogP contribution is -2.34. The first kappa shape index (κ1) is 18.2. The van der Waals surface area contributed by atoms with Gasteiger partial charge in [0.25, 0.3) is 0 Å². The van der Waals surface area contributed by atoms with Crippen molar-refractivity contribution in [1.29, 1.82) is 0 Å². The molecule has 0 spiro atoms. The molecule has 0 aromatic heterocycles. The van der Waals surface area contributed by atoms with Crippen LogP contribution >= 0.6 is 0 Å². The van der Waals surface area contributed by atoms with Crippen LogP contribution in [-0.4, -0.2) is 11.3 Å². The Balaban J connectivity index is 2.16. The van der Waals surface area contributed by atoms with Crippen molar-refractivity contribution in [2.75, 3.05) is 0 Å². The molecule has 2 aromatic carbocycles. The van der Waals surface area contributed by atoms with E-state index in [0.29, 0.717) is 12.8 Å². The van der Waals surface area contributed by atoms with Crippen LogP contribution in [0.1, 0.15) is 30.0 Å². The lowest BCUT2D eigenvalue weighted by Gasteiger charge is -2.33. The van der Waals surface area contributed by atoms with Gasteiger partial charge in [-0.25, -0.2) is 17.6 Å². The highest BCUT2D eigenvalue weighted by Gasteiger charge is 2.46. The van der Waals surface area contributed by atoms with Gasteiger partial charge in [-0.3, -0.25) is 0 Å². The molecule has 136 valence electrons.